The van der Waals surface area contributed by atoms with Crippen molar-refractivity contribution in [3.05, 3.63) is 28.3 Å². The smallest absolute Gasteiger partial charge is 0.414 e. The number of piperazine rings is 1. The average molecular weight is 386 g/mol. The molecule has 5 rings (SSSR count). The van der Waals surface area contributed by atoms with Crippen molar-refractivity contribution in [1.29, 1.82) is 0 Å². The second-order valence-electron chi connectivity index (χ2n) is 8.46. The first kappa shape index (κ1) is 17.7. The number of hydrogen-bond donors (Lipinski definition) is 0. The number of nitrogens with zero attached hydrogens (tertiary/aromatic N) is 4. The number of carbonyl (C=O) groups excluding carboxylic acids is 1. The van der Waals surface area contributed by atoms with Gasteiger partial charge in [-0.05, 0) is 37.2 Å². The van der Waals surface area contributed by atoms with Crippen LogP contribution in [-0.2, 0) is 4.74 Å². The molecular formula is C20H26N4O4. The van der Waals surface area contributed by atoms with E-state index in [0.29, 0.717) is 18.8 Å². The van der Waals surface area contributed by atoms with Gasteiger partial charge in [0.25, 0.3) is 5.69 Å². The minimum atomic E-state index is -0.428. The highest BCUT2D eigenvalue weighted by Crippen LogP contribution is 2.47. The fourth-order valence-electron chi connectivity index (χ4n) is 5.67. The van der Waals surface area contributed by atoms with Gasteiger partial charge in [0.05, 0.1) is 22.8 Å². The van der Waals surface area contributed by atoms with Crippen LogP contribution in [0.2, 0.25) is 0 Å². The van der Waals surface area contributed by atoms with Crippen LogP contribution in [0.25, 0.3) is 0 Å². The van der Waals surface area contributed by atoms with Crippen molar-refractivity contribution in [3.63, 3.8) is 0 Å². The Morgan fingerprint density at radius 1 is 1.04 bits per heavy atom. The molecule has 4 fully saturated rings. The molecule has 3 atom stereocenters. The molecule has 2 saturated heterocycles. The maximum atomic E-state index is 12.1. The first-order valence-electron chi connectivity index (χ1n) is 10.3. The summed E-state index contributed by atoms with van der Waals surface area (Å²) in [7, 11) is 0. The Balaban J connectivity index is 1.34. The van der Waals surface area contributed by atoms with Crippen LogP contribution >= 0.6 is 0 Å². The predicted octanol–water partition coefficient (Wildman–Crippen LogP) is 2.86. The summed E-state index contributed by atoms with van der Waals surface area (Å²) in [5, 5.41) is 11.2. The van der Waals surface area contributed by atoms with E-state index in [2.05, 4.69) is 9.80 Å². The third-order valence-corrected chi connectivity index (χ3v) is 7.05. The number of amides is 1. The first-order valence-corrected chi connectivity index (χ1v) is 10.3. The van der Waals surface area contributed by atoms with Gasteiger partial charge in [-0.25, -0.2) is 4.79 Å². The molecule has 150 valence electrons. The quantitative estimate of drug-likeness (QED) is 0.585. The van der Waals surface area contributed by atoms with Crippen molar-refractivity contribution in [2.75, 3.05) is 49.1 Å². The molecule has 0 radical (unpaired) electrons. The number of non-ortho nitro benzene ring substituents is 1. The average Bonchev–Trinajstić information content (AvgIpc) is 3.44. The lowest BCUT2D eigenvalue weighted by Crippen LogP contribution is -2.52. The highest BCUT2D eigenvalue weighted by molar-refractivity contribution is 5.94. The van der Waals surface area contributed by atoms with E-state index in [0.717, 1.165) is 49.7 Å². The number of hydrogen-bond acceptors (Lipinski definition) is 6. The zero-order chi connectivity index (χ0) is 19.3. The standard InChI is InChI=1S/C20H26N4O4/c25-20-23(9-10-28-20)19-13-16(24(26)27)3-4-17(19)21-5-7-22(8-6-21)18-12-14-1-2-15(18)11-14/h3-4,13-15,18H,1-2,5-12H2. The highest BCUT2D eigenvalue weighted by atomic mass is 16.6. The zero-order valence-corrected chi connectivity index (χ0v) is 16.0. The Labute approximate surface area is 164 Å². The molecular weight excluding hydrogens is 360 g/mol. The largest absolute Gasteiger partial charge is 0.447 e. The molecule has 0 aromatic heterocycles. The Hall–Kier alpha value is -2.35. The van der Waals surface area contributed by atoms with Gasteiger partial charge < -0.3 is 9.64 Å². The maximum Gasteiger partial charge on any atom is 0.414 e. The number of fused-ring (bicyclic) bond motifs is 2. The molecule has 8 nitrogen and oxygen atoms in total. The van der Waals surface area contributed by atoms with E-state index in [1.165, 1.54) is 42.7 Å². The van der Waals surface area contributed by atoms with E-state index in [9.17, 15) is 14.9 Å². The number of ether oxygens (including phenoxy) is 1. The molecule has 0 spiro atoms. The molecule has 4 aliphatic rings. The molecule has 3 unspecified atom stereocenters. The minimum Gasteiger partial charge on any atom is -0.447 e. The van der Waals surface area contributed by atoms with Crippen LogP contribution in [0, 0.1) is 22.0 Å². The third kappa shape index (κ3) is 2.99. The molecule has 1 aromatic rings. The monoisotopic (exact) mass is 386 g/mol. The van der Waals surface area contributed by atoms with E-state index >= 15 is 0 Å². The first-order chi connectivity index (χ1) is 13.6. The molecule has 2 saturated carbocycles. The van der Waals surface area contributed by atoms with Crippen LogP contribution in [0.15, 0.2) is 18.2 Å². The molecule has 2 heterocycles. The molecule has 8 heteroatoms. The summed E-state index contributed by atoms with van der Waals surface area (Å²) in [6, 6.07) is 5.56. The van der Waals surface area contributed by atoms with E-state index in [4.69, 9.17) is 4.74 Å². The van der Waals surface area contributed by atoms with Gasteiger partial charge in [-0.15, -0.1) is 0 Å². The maximum absolute atomic E-state index is 12.1. The van der Waals surface area contributed by atoms with Gasteiger partial charge >= 0.3 is 6.09 Å². The van der Waals surface area contributed by atoms with Gasteiger partial charge in [0.2, 0.25) is 0 Å². The van der Waals surface area contributed by atoms with Gasteiger partial charge in [-0.3, -0.25) is 19.9 Å². The SMILES string of the molecule is O=C1OCCN1c1cc([N+](=O)[O-])ccc1N1CCN(C2CC3CCC2C3)CC1. The predicted molar refractivity (Wildman–Crippen MR) is 105 cm³/mol. The second kappa shape index (κ2) is 6.92. The lowest BCUT2D eigenvalue weighted by Gasteiger charge is -2.42. The topological polar surface area (TPSA) is 79.2 Å². The molecule has 0 N–H and O–H groups in total. The zero-order valence-electron chi connectivity index (χ0n) is 16.0. The normalized spacial score (nSPS) is 30.1. The van der Waals surface area contributed by atoms with Gasteiger partial charge in [-0.1, -0.05) is 6.42 Å². The van der Waals surface area contributed by atoms with Crippen molar-refractivity contribution in [2.24, 2.45) is 11.8 Å². The van der Waals surface area contributed by atoms with Crippen molar-refractivity contribution in [1.82, 2.24) is 4.90 Å². The van der Waals surface area contributed by atoms with Crippen LogP contribution in [0.4, 0.5) is 21.9 Å². The summed E-state index contributed by atoms with van der Waals surface area (Å²) in [5.74, 6) is 1.82. The van der Waals surface area contributed by atoms with E-state index in [-0.39, 0.29) is 5.69 Å². The van der Waals surface area contributed by atoms with Crippen LogP contribution in [0.1, 0.15) is 25.7 Å². The number of benzene rings is 1. The number of nitro benzene ring substituents is 1. The molecule has 2 aliphatic carbocycles. The van der Waals surface area contributed by atoms with Crippen LogP contribution < -0.4 is 9.80 Å². The lowest BCUT2D eigenvalue weighted by molar-refractivity contribution is -0.384. The Morgan fingerprint density at radius 2 is 1.86 bits per heavy atom. The fourth-order valence-corrected chi connectivity index (χ4v) is 5.67. The number of cyclic esters (lactones) is 1. The summed E-state index contributed by atoms with van der Waals surface area (Å²) in [4.78, 5) is 29.3. The summed E-state index contributed by atoms with van der Waals surface area (Å²) in [5.41, 5.74) is 1.47. The van der Waals surface area contributed by atoms with Crippen molar-refractivity contribution in [3.8, 4) is 0 Å². The van der Waals surface area contributed by atoms with E-state index in [1.54, 1.807) is 6.07 Å². The van der Waals surface area contributed by atoms with Crippen molar-refractivity contribution >= 4 is 23.2 Å². The Bertz CT molecular complexity index is 792. The summed E-state index contributed by atoms with van der Waals surface area (Å²) in [6.07, 6.45) is 5.14. The van der Waals surface area contributed by atoms with Crippen LogP contribution in [-0.4, -0.2) is 61.3 Å². The van der Waals surface area contributed by atoms with Crippen molar-refractivity contribution < 1.29 is 14.5 Å². The molecule has 1 aromatic carbocycles. The number of rotatable bonds is 4. The van der Waals surface area contributed by atoms with Gasteiger partial charge in [0.1, 0.15) is 6.61 Å². The molecule has 2 aliphatic heterocycles. The van der Waals surface area contributed by atoms with E-state index in [1.807, 2.05) is 0 Å². The van der Waals surface area contributed by atoms with Crippen LogP contribution in [0.3, 0.4) is 0 Å². The van der Waals surface area contributed by atoms with Gasteiger partial charge in [0.15, 0.2) is 0 Å². The summed E-state index contributed by atoms with van der Waals surface area (Å²) in [6.45, 7) is 4.52. The minimum absolute atomic E-state index is 0.000864. The third-order valence-electron chi connectivity index (χ3n) is 7.05. The molecule has 1 amide bonds. The second-order valence-corrected chi connectivity index (χ2v) is 8.46. The summed E-state index contributed by atoms with van der Waals surface area (Å²) < 4.78 is 5.07. The molecule has 2 bridgehead atoms. The van der Waals surface area contributed by atoms with Crippen molar-refractivity contribution in [2.45, 2.75) is 31.7 Å². The molecule has 28 heavy (non-hydrogen) atoms. The number of anilines is 2. The highest BCUT2D eigenvalue weighted by Gasteiger charge is 2.43. The summed E-state index contributed by atoms with van der Waals surface area (Å²) >= 11 is 0. The fraction of sp³-hybridized carbons (Fsp3) is 0.650. The van der Waals surface area contributed by atoms with Gasteiger partial charge in [0, 0.05) is 44.4 Å². The Kier molecular flexibility index (Phi) is 4.38. The van der Waals surface area contributed by atoms with E-state index < -0.39 is 11.0 Å². The number of nitro groups is 1. The lowest BCUT2D eigenvalue weighted by atomic mass is 9.93. The van der Waals surface area contributed by atoms with Gasteiger partial charge in [-0.2, -0.15) is 0 Å². The van der Waals surface area contributed by atoms with Crippen LogP contribution in [0.5, 0.6) is 0 Å². The number of carbonyl (C=O) groups is 1. The Morgan fingerprint density at radius 3 is 2.46 bits per heavy atom.